The van der Waals surface area contributed by atoms with Crippen molar-refractivity contribution in [3.8, 4) is 5.75 Å². The van der Waals surface area contributed by atoms with Gasteiger partial charge in [-0.2, -0.15) is 0 Å². The SMILES string of the molecule is COc1ccc(CS(=O)(=O)C[C@H](C)O)cc1. The molecule has 0 saturated carbocycles. The Labute approximate surface area is 95.8 Å². The van der Waals surface area contributed by atoms with Crippen molar-refractivity contribution < 1.29 is 18.3 Å². The van der Waals surface area contributed by atoms with Gasteiger partial charge in [0.05, 0.1) is 24.7 Å². The van der Waals surface area contributed by atoms with E-state index >= 15 is 0 Å². The van der Waals surface area contributed by atoms with E-state index in [1.807, 2.05) is 0 Å². The zero-order valence-corrected chi connectivity index (χ0v) is 10.2. The summed E-state index contributed by atoms with van der Waals surface area (Å²) >= 11 is 0. The van der Waals surface area contributed by atoms with Crippen molar-refractivity contribution in [2.45, 2.75) is 18.8 Å². The third-order valence-corrected chi connectivity index (χ3v) is 3.80. The average molecular weight is 244 g/mol. The van der Waals surface area contributed by atoms with Crippen LogP contribution >= 0.6 is 0 Å². The molecule has 5 heteroatoms. The highest BCUT2D eigenvalue weighted by Crippen LogP contribution is 2.14. The number of sulfone groups is 1. The smallest absolute Gasteiger partial charge is 0.156 e. The summed E-state index contributed by atoms with van der Waals surface area (Å²) in [4.78, 5) is 0. The molecule has 0 heterocycles. The van der Waals surface area contributed by atoms with Crippen LogP contribution in [0.3, 0.4) is 0 Å². The minimum absolute atomic E-state index is 0.0537. The summed E-state index contributed by atoms with van der Waals surface area (Å²) in [5.41, 5.74) is 0.696. The molecule has 0 unspecified atom stereocenters. The number of hydrogen-bond acceptors (Lipinski definition) is 4. The van der Waals surface area contributed by atoms with Crippen molar-refractivity contribution in [3.63, 3.8) is 0 Å². The first kappa shape index (κ1) is 13.0. The Hall–Kier alpha value is -1.07. The average Bonchev–Trinajstić information content (AvgIpc) is 2.16. The van der Waals surface area contributed by atoms with Gasteiger partial charge in [-0.05, 0) is 24.6 Å². The zero-order valence-electron chi connectivity index (χ0n) is 9.38. The first-order chi connectivity index (χ1) is 7.43. The van der Waals surface area contributed by atoms with Crippen molar-refractivity contribution in [3.05, 3.63) is 29.8 Å². The predicted octanol–water partition coefficient (Wildman–Crippen LogP) is 0.991. The molecule has 90 valence electrons. The van der Waals surface area contributed by atoms with Crippen molar-refractivity contribution in [1.82, 2.24) is 0 Å². The molecule has 1 rings (SSSR count). The molecular formula is C11H16O4S. The van der Waals surface area contributed by atoms with Gasteiger partial charge in [0.15, 0.2) is 9.84 Å². The maximum atomic E-state index is 11.6. The lowest BCUT2D eigenvalue weighted by atomic mass is 10.2. The molecule has 0 radical (unpaired) electrons. The van der Waals surface area contributed by atoms with E-state index in [0.29, 0.717) is 11.3 Å². The van der Waals surface area contributed by atoms with E-state index < -0.39 is 15.9 Å². The lowest BCUT2D eigenvalue weighted by Gasteiger charge is -2.07. The molecule has 0 amide bonds. The van der Waals surface area contributed by atoms with Gasteiger partial charge in [-0.3, -0.25) is 0 Å². The quantitative estimate of drug-likeness (QED) is 0.839. The maximum Gasteiger partial charge on any atom is 0.156 e. The van der Waals surface area contributed by atoms with Crippen LogP contribution in [0.15, 0.2) is 24.3 Å². The summed E-state index contributed by atoms with van der Waals surface area (Å²) in [5.74, 6) is 0.428. The van der Waals surface area contributed by atoms with Crippen LogP contribution in [0, 0.1) is 0 Å². The molecule has 0 aliphatic carbocycles. The molecule has 0 spiro atoms. The number of ether oxygens (including phenoxy) is 1. The van der Waals surface area contributed by atoms with E-state index in [0.717, 1.165) is 0 Å². The summed E-state index contributed by atoms with van der Waals surface area (Å²) in [6.45, 7) is 1.46. The van der Waals surface area contributed by atoms with Crippen LogP contribution in [0.1, 0.15) is 12.5 Å². The van der Waals surface area contributed by atoms with Crippen molar-refractivity contribution in [1.29, 1.82) is 0 Å². The van der Waals surface area contributed by atoms with Gasteiger partial charge in [-0.25, -0.2) is 8.42 Å². The molecule has 0 bridgehead atoms. The summed E-state index contributed by atoms with van der Waals surface area (Å²) in [7, 11) is -1.69. The van der Waals surface area contributed by atoms with Crippen molar-refractivity contribution in [2.75, 3.05) is 12.9 Å². The van der Waals surface area contributed by atoms with Crippen LogP contribution < -0.4 is 4.74 Å². The van der Waals surface area contributed by atoms with E-state index in [-0.39, 0.29) is 11.5 Å². The highest BCUT2D eigenvalue weighted by Gasteiger charge is 2.14. The molecule has 1 atom stereocenters. The number of methoxy groups -OCH3 is 1. The van der Waals surface area contributed by atoms with Crippen molar-refractivity contribution in [2.24, 2.45) is 0 Å². The summed E-state index contributed by atoms with van der Waals surface area (Å²) in [6, 6.07) is 6.84. The topological polar surface area (TPSA) is 63.6 Å². The number of benzene rings is 1. The molecule has 0 fully saturated rings. The second-order valence-electron chi connectivity index (χ2n) is 3.75. The summed E-state index contributed by atoms with van der Waals surface area (Å²) in [5, 5.41) is 9.05. The monoisotopic (exact) mass is 244 g/mol. The second kappa shape index (κ2) is 5.32. The number of hydrogen-bond donors (Lipinski definition) is 1. The minimum Gasteiger partial charge on any atom is -0.497 e. The fraction of sp³-hybridized carbons (Fsp3) is 0.455. The molecule has 0 aliphatic heterocycles. The van der Waals surface area contributed by atoms with Gasteiger partial charge in [-0.1, -0.05) is 12.1 Å². The summed E-state index contributed by atoms with van der Waals surface area (Å²) in [6.07, 6.45) is -0.830. The molecule has 0 aliphatic rings. The van der Waals surface area contributed by atoms with Gasteiger partial charge in [0.1, 0.15) is 5.75 Å². The van der Waals surface area contributed by atoms with E-state index in [4.69, 9.17) is 9.84 Å². The first-order valence-corrected chi connectivity index (χ1v) is 6.76. The molecule has 0 saturated heterocycles. The van der Waals surface area contributed by atoms with Crippen LogP contribution in [0.25, 0.3) is 0 Å². The second-order valence-corrected chi connectivity index (χ2v) is 5.86. The Morgan fingerprint density at radius 2 is 1.88 bits per heavy atom. The third kappa shape index (κ3) is 4.20. The van der Waals surface area contributed by atoms with Gasteiger partial charge >= 0.3 is 0 Å². The van der Waals surface area contributed by atoms with Gasteiger partial charge in [0.2, 0.25) is 0 Å². The van der Waals surface area contributed by atoms with E-state index in [1.165, 1.54) is 6.92 Å². The molecule has 1 aromatic carbocycles. The Kier molecular flexibility index (Phi) is 4.32. The lowest BCUT2D eigenvalue weighted by molar-refractivity contribution is 0.218. The largest absolute Gasteiger partial charge is 0.497 e. The van der Waals surface area contributed by atoms with Gasteiger partial charge in [0, 0.05) is 0 Å². The minimum atomic E-state index is -3.24. The number of aliphatic hydroxyl groups is 1. The Balaban J connectivity index is 2.72. The third-order valence-electron chi connectivity index (χ3n) is 2.04. The molecule has 1 N–H and O–H groups in total. The Bertz CT molecular complexity index is 420. The van der Waals surface area contributed by atoms with Crippen LogP contribution in [-0.2, 0) is 15.6 Å². The van der Waals surface area contributed by atoms with E-state index in [1.54, 1.807) is 31.4 Å². The first-order valence-electron chi connectivity index (χ1n) is 4.94. The molecular weight excluding hydrogens is 228 g/mol. The number of rotatable bonds is 5. The van der Waals surface area contributed by atoms with Gasteiger partial charge < -0.3 is 9.84 Å². The zero-order chi connectivity index (χ0) is 12.2. The molecule has 0 aromatic heterocycles. The van der Waals surface area contributed by atoms with Crippen LogP contribution in [0.5, 0.6) is 5.75 Å². The van der Waals surface area contributed by atoms with Crippen molar-refractivity contribution >= 4 is 9.84 Å². The number of aliphatic hydroxyl groups excluding tert-OH is 1. The highest BCUT2D eigenvalue weighted by atomic mass is 32.2. The summed E-state index contributed by atoms with van der Waals surface area (Å²) < 4.78 is 28.1. The standard InChI is InChI=1S/C11H16O4S/c1-9(12)7-16(13,14)8-10-3-5-11(15-2)6-4-10/h3-6,9,12H,7-8H2,1-2H3/t9-/m0/s1. The van der Waals surface area contributed by atoms with E-state index in [9.17, 15) is 8.42 Å². The van der Waals surface area contributed by atoms with E-state index in [2.05, 4.69) is 0 Å². The Morgan fingerprint density at radius 1 is 1.31 bits per heavy atom. The van der Waals surface area contributed by atoms with Gasteiger partial charge in [0.25, 0.3) is 0 Å². The molecule has 4 nitrogen and oxygen atoms in total. The van der Waals surface area contributed by atoms with Crippen LogP contribution in [0.2, 0.25) is 0 Å². The Morgan fingerprint density at radius 3 is 2.31 bits per heavy atom. The molecule has 16 heavy (non-hydrogen) atoms. The highest BCUT2D eigenvalue weighted by molar-refractivity contribution is 7.90. The van der Waals surface area contributed by atoms with Crippen LogP contribution in [-0.4, -0.2) is 32.5 Å². The fourth-order valence-corrected chi connectivity index (χ4v) is 2.96. The lowest BCUT2D eigenvalue weighted by Crippen LogP contribution is -2.19. The maximum absolute atomic E-state index is 11.6. The van der Waals surface area contributed by atoms with Gasteiger partial charge in [-0.15, -0.1) is 0 Å². The normalized spacial score (nSPS) is 13.4. The predicted molar refractivity (Wildman–Crippen MR) is 62.2 cm³/mol. The van der Waals surface area contributed by atoms with Crippen LogP contribution in [0.4, 0.5) is 0 Å². The fourth-order valence-electron chi connectivity index (χ4n) is 1.40. The molecule has 1 aromatic rings.